The van der Waals surface area contributed by atoms with Crippen molar-refractivity contribution in [1.29, 1.82) is 0 Å². The number of morpholine rings is 2. The summed E-state index contributed by atoms with van der Waals surface area (Å²) in [7, 11) is -2.76. The SMILES string of the molecule is CS(O)(O)Cc1cc(N2CCOCC2)nc(-c2ccc(NC(=O)NCCN3CCOCC3)cc2)n1. The third-order valence-corrected chi connectivity index (χ3v) is 6.58. The van der Waals surface area contributed by atoms with Gasteiger partial charge in [-0.3, -0.25) is 14.0 Å². The molecule has 3 heterocycles. The molecule has 35 heavy (non-hydrogen) atoms. The van der Waals surface area contributed by atoms with Gasteiger partial charge in [0.15, 0.2) is 5.82 Å². The first-order valence-corrected chi connectivity index (χ1v) is 13.9. The lowest BCUT2D eigenvalue weighted by molar-refractivity contribution is 0.0388. The summed E-state index contributed by atoms with van der Waals surface area (Å²) in [6.45, 7) is 7.25. The zero-order chi connectivity index (χ0) is 24.7. The van der Waals surface area contributed by atoms with Crippen LogP contribution in [-0.4, -0.2) is 102 Å². The van der Waals surface area contributed by atoms with Crippen LogP contribution in [0.1, 0.15) is 5.69 Å². The number of hydrogen-bond donors (Lipinski definition) is 4. The highest BCUT2D eigenvalue weighted by Gasteiger charge is 2.18. The van der Waals surface area contributed by atoms with Gasteiger partial charge in [-0.15, -0.1) is 0 Å². The predicted molar refractivity (Wildman–Crippen MR) is 137 cm³/mol. The lowest BCUT2D eigenvalue weighted by Gasteiger charge is -2.30. The first-order valence-electron chi connectivity index (χ1n) is 11.7. The molecular weight excluding hydrogens is 472 g/mol. The van der Waals surface area contributed by atoms with Crippen molar-refractivity contribution < 1.29 is 23.4 Å². The summed E-state index contributed by atoms with van der Waals surface area (Å²) in [4.78, 5) is 25.9. The number of carbonyl (C=O) groups excluding carboxylic acids is 1. The topological polar surface area (TPSA) is 132 Å². The first-order chi connectivity index (χ1) is 16.9. The van der Waals surface area contributed by atoms with Crippen molar-refractivity contribution in [1.82, 2.24) is 20.2 Å². The van der Waals surface area contributed by atoms with Gasteiger partial charge in [0.2, 0.25) is 0 Å². The molecule has 4 rings (SSSR count). The summed E-state index contributed by atoms with van der Waals surface area (Å²) in [5.41, 5.74) is 2.00. The minimum absolute atomic E-state index is 0.0596. The molecule has 0 unspecified atom stereocenters. The lowest BCUT2D eigenvalue weighted by Crippen LogP contribution is -2.42. The zero-order valence-corrected chi connectivity index (χ0v) is 20.8. The van der Waals surface area contributed by atoms with Crippen LogP contribution in [0.4, 0.5) is 16.3 Å². The van der Waals surface area contributed by atoms with Crippen molar-refractivity contribution in [2.75, 3.05) is 82.2 Å². The van der Waals surface area contributed by atoms with Gasteiger partial charge in [-0.1, -0.05) is 0 Å². The normalized spacial score (nSPS) is 17.7. The molecule has 0 spiro atoms. The van der Waals surface area contributed by atoms with Crippen molar-refractivity contribution in [3.8, 4) is 11.4 Å². The van der Waals surface area contributed by atoms with Crippen LogP contribution in [0.2, 0.25) is 0 Å². The molecule has 1 aromatic heterocycles. The molecule has 0 saturated carbocycles. The average molecular weight is 507 g/mol. The Morgan fingerprint density at radius 2 is 1.69 bits per heavy atom. The molecule has 12 heteroatoms. The Labute approximate surface area is 207 Å². The van der Waals surface area contributed by atoms with Crippen molar-refractivity contribution in [2.45, 2.75) is 5.75 Å². The Hall–Kier alpha value is -2.48. The molecule has 2 aromatic rings. The van der Waals surface area contributed by atoms with Crippen molar-refractivity contribution in [2.24, 2.45) is 0 Å². The largest absolute Gasteiger partial charge is 0.379 e. The zero-order valence-electron chi connectivity index (χ0n) is 20.0. The summed E-state index contributed by atoms with van der Waals surface area (Å²) >= 11 is 0. The minimum atomic E-state index is -2.76. The number of benzene rings is 1. The highest BCUT2D eigenvalue weighted by Crippen LogP contribution is 2.38. The molecular formula is C23H34N6O5S. The third-order valence-electron chi connectivity index (χ3n) is 5.74. The molecule has 2 aliphatic heterocycles. The summed E-state index contributed by atoms with van der Waals surface area (Å²) in [5, 5.41) is 5.72. The number of carbonyl (C=O) groups is 1. The van der Waals surface area contributed by atoms with Gasteiger partial charge < -0.3 is 25.0 Å². The van der Waals surface area contributed by atoms with Crippen molar-refractivity contribution in [3.63, 3.8) is 0 Å². The second kappa shape index (κ2) is 12.0. The highest BCUT2D eigenvalue weighted by atomic mass is 32.3. The summed E-state index contributed by atoms with van der Waals surface area (Å²) in [6.07, 6.45) is 1.41. The minimum Gasteiger partial charge on any atom is -0.379 e. The molecule has 11 nitrogen and oxygen atoms in total. The van der Waals surface area contributed by atoms with E-state index in [2.05, 4.69) is 25.4 Å². The lowest BCUT2D eigenvalue weighted by atomic mass is 10.2. The highest BCUT2D eigenvalue weighted by molar-refractivity contribution is 8.23. The Kier molecular flexibility index (Phi) is 8.76. The van der Waals surface area contributed by atoms with E-state index < -0.39 is 10.6 Å². The standard InChI is InChI=1S/C23H34N6O5S/c1-35(31,32)17-20-16-21(29-10-14-34-15-11-29)27-22(25-20)18-2-4-19(5-3-18)26-23(30)24-6-7-28-8-12-33-13-9-28/h2-5,16,31-32H,6-15,17H2,1H3,(H2,24,26,30). The third kappa shape index (κ3) is 8.02. The fraction of sp³-hybridized carbons (Fsp3) is 0.522. The van der Waals surface area contributed by atoms with Gasteiger partial charge >= 0.3 is 6.03 Å². The number of ether oxygens (including phenoxy) is 2. The fourth-order valence-corrected chi connectivity index (χ4v) is 4.66. The number of anilines is 2. The molecule has 2 fully saturated rings. The molecule has 0 bridgehead atoms. The summed E-state index contributed by atoms with van der Waals surface area (Å²) in [5.74, 6) is 1.29. The average Bonchev–Trinajstić information content (AvgIpc) is 2.84. The summed E-state index contributed by atoms with van der Waals surface area (Å²) < 4.78 is 30.7. The smallest absolute Gasteiger partial charge is 0.319 e. The van der Waals surface area contributed by atoms with Gasteiger partial charge in [0.05, 0.1) is 37.9 Å². The Morgan fingerprint density at radius 1 is 1.03 bits per heavy atom. The van der Waals surface area contributed by atoms with Gasteiger partial charge in [0.1, 0.15) is 5.82 Å². The van der Waals surface area contributed by atoms with Gasteiger partial charge in [-0.05, 0) is 24.3 Å². The molecule has 2 saturated heterocycles. The number of amides is 2. The van der Waals surface area contributed by atoms with E-state index in [9.17, 15) is 13.9 Å². The second-order valence-electron chi connectivity index (χ2n) is 8.69. The van der Waals surface area contributed by atoms with Gasteiger partial charge in [0, 0.05) is 62.8 Å². The van der Waals surface area contributed by atoms with Gasteiger partial charge in [-0.2, -0.15) is 10.6 Å². The Bertz CT molecular complexity index is 975. The molecule has 0 atom stereocenters. The molecule has 2 aliphatic rings. The quantitative estimate of drug-likeness (QED) is 0.426. The van der Waals surface area contributed by atoms with Crippen LogP contribution in [0.25, 0.3) is 11.4 Å². The monoisotopic (exact) mass is 506 g/mol. The van der Waals surface area contributed by atoms with E-state index in [1.54, 1.807) is 12.1 Å². The van der Waals surface area contributed by atoms with Crippen molar-refractivity contribution in [3.05, 3.63) is 36.0 Å². The van der Waals surface area contributed by atoms with E-state index in [-0.39, 0.29) is 11.8 Å². The predicted octanol–water partition coefficient (Wildman–Crippen LogP) is 2.31. The Balaban J connectivity index is 1.40. The van der Waals surface area contributed by atoms with E-state index in [0.29, 0.717) is 50.1 Å². The van der Waals surface area contributed by atoms with E-state index >= 15 is 0 Å². The van der Waals surface area contributed by atoms with Gasteiger partial charge in [-0.25, -0.2) is 14.8 Å². The van der Waals surface area contributed by atoms with E-state index in [1.807, 2.05) is 18.2 Å². The van der Waals surface area contributed by atoms with Crippen LogP contribution >= 0.6 is 10.6 Å². The second-order valence-corrected chi connectivity index (χ2v) is 11.0. The van der Waals surface area contributed by atoms with Crippen LogP contribution in [0, 0.1) is 0 Å². The molecule has 192 valence electrons. The van der Waals surface area contributed by atoms with Crippen molar-refractivity contribution >= 4 is 28.1 Å². The maximum atomic E-state index is 12.3. The number of aromatic nitrogens is 2. The van der Waals surface area contributed by atoms with Crippen LogP contribution in [0.3, 0.4) is 0 Å². The van der Waals surface area contributed by atoms with Crippen LogP contribution in [0.5, 0.6) is 0 Å². The van der Waals surface area contributed by atoms with Crippen LogP contribution in [-0.2, 0) is 15.2 Å². The van der Waals surface area contributed by atoms with E-state index in [0.717, 1.165) is 44.2 Å². The maximum Gasteiger partial charge on any atom is 0.319 e. The number of nitrogens with zero attached hydrogens (tertiary/aromatic N) is 4. The number of nitrogens with one attached hydrogen (secondary N) is 2. The van der Waals surface area contributed by atoms with Gasteiger partial charge in [0.25, 0.3) is 0 Å². The molecule has 4 N–H and O–H groups in total. The van der Waals surface area contributed by atoms with E-state index in [1.165, 1.54) is 6.26 Å². The molecule has 0 aliphatic carbocycles. The first kappa shape index (κ1) is 25.6. The van der Waals surface area contributed by atoms with Crippen LogP contribution < -0.4 is 15.5 Å². The molecule has 1 aromatic carbocycles. The maximum absolute atomic E-state index is 12.3. The summed E-state index contributed by atoms with van der Waals surface area (Å²) in [6, 6.07) is 8.84. The van der Waals surface area contributed by atoms with Crippen LogP contribution in [0.15, 0.2) is 30.3 Å². The Morgan fingerprint density at radius 3 is 2.34 bits per heavy atom. The fourth-order valence-electron chi connectivity index (χ4n) is 3.95. The molecule has 2 amide bonds. The number of urea groups is 1. The number of rotatable bonds is 8. The van der Waals surface area contributed by atoms with E-state index in [4.69, 9.17) is 14.5 Å². The molecule has 0 radical (unpaired) electrons. The number of hydrogen-bond acceptors (Lipinski definition) is 9.